The third kappa shape index (κ3) is 3.72. The van der Waals surface area contributed by atoms with Gasteiger partial charge in [-0.15, -0.1) is 11.3 Å². The van der Waals surface area contributed by atoms with Crippen molar-refractivity contribution in [2.45, 2.75) is 13.1 Å². The molecule has 3 aromatic rings. The molecule has 26 heavy (non-hydrogen) atoms. The number of aromatic nitrogens is 4. The van der Waals surface area contributed by atoms with Gasteiger partial charge in [-0.3, -0.25) is 4.90 Å². The van der Waals surface area contributed by atoms with Gasteiger partial charge in [-0.1, -0.05) is 12.1 Å². The molecule has 1 aliphatic rings. The highest BCUT2D eigenvalue weighted by Crippen LogP contribution is 2.15. The highest BCUT2D eigenvalue weighted by atomic mass is 32.1. The van der Waals surface area contributed by atoms with E-state index in [2.05, 4.69) is 38.4 Å². The van der Waals surface area contributed by atoms with E-state index in [9.17, 15) is 0 Å². The van der Waals surface area contributed by atoms with E-state index in [1.165, 1.54) is 4.88 Å². The van der Waals surface area contributed by atoms with Gasteiger partial charge in [-0.2, -0.15) is 5.10 Å². The Morgan fingerprint density at radius 1 is 1.12 bits per heavy atom. The first-order chi connectivity index (χ1) is 12.7. The van der Waals surface area contributed by atoms with E-state index in [4.69, 9.17) is 17.3 Å². The second kappa shape index (κ2) is 7.69. The summed E-state index contributed by atoms with van der Waals surface area (Å²) in [4.78, 5) is 10.5. The molecule has 8 heteroatoms. The first kappa shape index (κ1) is 17.4. The van der Waals surface area contributed by atoms with Crippen molar-refractivity contribution in [3.8, 4) is 0 Å². The van der Waals surface area contributed by atoms with Crippen molar-refractivity contribution in [3.63, 3.8) is 0 Å². The average Bonchev–Trinajstić information content (AvgIpc) is 3.28. The summed E-state index contributed by atoms with van der Waals surface area (Å²) in [5, 5.41) is 6.87. The van der Waals surface area contributed by atoms with Crippen LogP contribution in [0.25, 0.3) is 0 Å². The molecule has 136 valence electrons. The van der Waals surface area contributed by atoms with Crippen molar-refractivity contribution in [2.24, 2.45) is 7.05 Å². The van der Waals surface area contributed by atoms with Crippen LogP contribution in [0.1, 0.15) is 10.7 Å². The lowest BCUT2D eigenvalue weighted by Gasteiger charge is -2.35. The van der Waals surface area contributed by atoms with E-state index >= 15 is 0 Å². The standard InChI is InChI=1S/C18H22N6S2/c1-21-17(13-15-5-4-12-26-15)20-24(18(21)25)14-22-8-10-23(11-9-22)16-6-2-3-7-19-16/h2-7,12H,8-11,13-14H2,1H3. The van der Waals surface area contributed by atoms with Gasteiger partial charge < -0.3 is 9.47 Å². The van der Waals surface area contributed by atoms with Crippen LogP contribution in [0.4, 0.5) is 5.82 Å². The Balaban J connectivity index is 1.40. The molecule has 0 radical (unpaired) electrons. The predicted octanol–water partition coefficient (Wildman–Crippen LogP) is 2.78. The van der Waals surface area contributed by atoms with Gasteiger partial charge in [0.1, 0.15) is 11.6 Å². The minimum absolute atomic E-state index is 0.743. The molecule has 1 saturated heterocycles. The van der Waals surface area contributed by atoms with Gasteiger partial charge >= 0.3 is 0 Å². The number of thiophene rings is 1. The fourth-order valence-electron chi connectivity index (χ4n) is 3.20. The first-order valence-electron chi connectivity index (χ1n) is 8.74. The zero-order valence-electron chi connectivity index (χ0n) is 14.8. The maximum atomic E-state index is 5.60. The number of nitrogens with zero attached hydrogens (tertiary/aromatic N) is 6. The summed E-state index contributed by atoms with van der Waals surface area (Å²) in [6, 6.07) is 10.3. The van der Waals surface area contributed by atoms with Gasteiger partial charge in [0.05, 0.1) is 6.67 Å². The molecular formula is C18H22N6S2. The van der Waals surface area contributed by atoms with Crippen LogP contribution in [0.15, 0.2) is 41.9 Å². The summed E-state index contributed by atoms with van der Waals surface area (Å²) in [6.07, 6.45) is 2.68. The van der Waals surface area contributed by atoms with Crippen LogP contribution in [0.2, 0.25) is 0 Å². The topological polar surface area (TPSA) is 42.1 Å². The van der Waals surface area contributed by atoms with Crippen LogP contribution in [0.5, 0.6) is 0 Å². The highest BCUT2D eigenvalue weighted by molar-refractivity contribution is 7.71. The second-order valence-electron chi connectivity index (χ2n) is 6.45. The molecule has 4 rings (SSSR count). The number of pyridine rings is 1. The Hall–Kier alpha value is -2.03. The van der Waals surface area contributed by atoms with E-state index in [1.807, 2.05) is 34.6 Å². The van der Waals surface area contributed by atoms with Crippen molar-refractivity contribution in [3.05, 3.63) is 57.4 Å². The molecule has 4 heterocycles. The van der Waals surface area contributed by atoms with Gasteiger partial charge in [0, 0.05) is 50.7 Å². The quantitative estimate of drug-likeness (QED) is 0.631. The summed E-state index contributed by atoms with van der Waals surface area (Å²) < 4.78 is 4.76. The van der Waals surface area contributed by atoms with Crippen molar-refractivity contribution >= 4 is 29.4 Å². The molecule has 0 aromatic carbocycles. The Labute approximate surface area is 162 Å². The smallest absolute Gasteiger partial charge is 0.198 e. The number of piperazine rings is 1. The summed E-state index contributed by atoms with van der Waals surface area (Å²) >= 11 is 7.35. The fraction of sp³-hybridized carbons (Fsp3) is 0.389. The molecule has 1 fully saturated rings. The molecule has 0 saturated carbocycles. The molecule has 3 aromatic heterocycles. The molecule has 0 spiro atoms. The molecule has 0 amide bonds. The van der Waals surface area contributed by atoms with Gasteiger partial charge in [-0.05, 0) is 35.8 Å². The lowest BCUT2D eigenvalue weighted by Crippen LogP contribution is -2.47. The van der Waals surface area contributed by atoms with Crippen molar-refractivity contribution in [2.75, 3.05) is 31.1 Å². The van der Waals surface area contributed by atoms with Gasteiger partial charge in [0.15, 0.2) is 4.77 Å². The molecule has 0 aliphatic carbocycles. The highest BCUT2D eigenvalue weighted by Gasteiger charge is 2.19. The predicted molar refractivity (Wildman–Crippen MR) is 107 cm³/mol. The van der Waals surface area contributed by atoms with E-state index in [-0.39, 0.29) is 0 Å². The summed E-state index contributed by atoms with van der Waals surface area (Å²) in [6.45, 7) is 4.65. The Kier molecular flexibility index (Phi) is 5.14. The molecule has 0 N–H and O–H groups in total. The van der Waals surface area contributed by atoms with Gasteiger partial charge in [-0.25, -0.2) is 9.67 Å². The number of hydrogen-bond acceptors (Lipinski definition) is 6. The monoisotopic (exact) mass is 386 g/mol. The van der Waals surface area contributed by atoms with Gasteiger partial charge in [0.25, 0.3) is 0 Å². The van der Waals surface area contributed by atoms with Crippen LogP contribution in [0, 0.1) is 4.77 Å². The van der Waals surface area contributed by atoms with E-state index < -0.39 is 0 Å². The van der Waals surface area contributed by atoms with E-state index in [0.29, 0.717) is 0 Å². The number of rotatable bonds is 5. The number of hydrogen-bond donors (Lipinski definition) is 0. The Morgan fingerprint density at radius 3 is 2.65 bits per heavy atom. The lowest BCUT2D eigenvalue weighted by molar-refractivity contribution is 0.193. The van der Waals surface area contributed by atoms with Crippen LogP contribution >= 0.6 is 23.6 Å². The summed E-state index contributed by atoms with van der Waals surface area (Å²) in [5.74, 6) is 2.07. The minimum atomic E-state index is 0.743. The maximum absolute atomic E-state index is 5.60. The Morgan fingerprint density at radius 2 is 1.96 bits per heavy atom. The van der Waals surface area contributed by atoms with Gasteiger partial charge in [0.2, 0.25) is 0 Å². The molecule has 1 aliphatic heterocycles. The van der Waals surface area contributed by atoms with Crippen LogP contribution in [-0.2, 0) is 20.1 Å². The molecule has 0 atom stereocenters. The van der Waals surface area contributed by atoms with Crippen LogP contribution < -0.4 is 4.90 Å². The zero-order valence-corrected chi connectivity index (χ0v) is 16.4. The largest absolute Gasteiger partial charge is 0.354 e. The first-order valence-corrected chi connectivity index (χ1v) is 10.0. The molecular weight excluding hydrogens is 364 g/mol. The van der Waals surface area contributed by atoms with Crippen LogP contribution in [0.3, 0.4) is 0 Å². The zero-order chi connectivity index (χ0) is 17.9. The molecule has 6 nitrogen and oxygen atoms in total. The summed E-state index contributed by atoms with van der Waals surface area (Å²) in [7, 11) is 2.01. The lowest BCUT2D eigenvalue weighted by atomic mass is 10.3. The maximum Gasteiger partial charge on any atom is 0.198 e. The van der Waals surface area contributed by atoms with Crippen molar-refractivity contribution in [1.29, 1.82) is 0 Å². The minimum Gasteiger partial charge on any atom is -0.354 e. The third-order valence-electron chi connectivity index (χ3n) is 4.72. The number of anilines is 1. The molecule has 0 bridgehead atoms. The normalized spacial score (nSPS) is 15.5. The van der Waals surface area contributed by atoms with Crippen LogP contribution in [-0.4, -0.2) is 50.4 Å². The molecule has 0 unspecified atom stereocenters. The Bertz CT molecular complexity index is 892. The fourth-order valence-corrected chi connectivity index (χ4v) is 4.10. The van der Waals surface area contributed by atoms with E-state index in [0.717, 1.165) is 55.7 Å². The SMILES string of the molecule is Cn1c(Cc2cccs2)nn(CN2CCN(c3ccccn3)CC2)c1=S. The van der Waals surface area contributed by atoms with Crippen molar-refractivity contribution < 1.29 is 0 Å². The second-order valence-corrected chi connectivity index (χ2v) is 7.85. The van der Waals surface area contributed by atoms with Crippen molar-refractivity contribution in [1.82, 2.24) is 24.2 Å². The average molecular weight is 387 g/mol. The van der Waals surface area contributed by atoms with E-state index in [1.54, 1.807) is 11.3 Å². The summed E-state index contributed by atoms with van der Waals surface area (Å²) in [5.41, 5.74) is 0. The third-order valence-corrected chi connectivity index (χ3v) is 6.08.